The monoisotopic (exact) mass is 292 g/mol. The van der Waals surface area contributed by atoms with Crippen LogP contribution in [0.15, 0.2) is 18.2 Å². The predicted molar refractivity (Wildman–Crippen MR) is 82.9 cm³/mol. The molecule has 2 rings (SSSR count). The highest BCUT2D eigenvalue weighted by atomic mass is 16.5. The Balaban J connectivity index is 2.05. The number of benzene rings is 1. The summed E-state index contributed by atoms with van der Waals surface area (Å²) in [6.07, 6.45) is 1.86. The van der Waals surface area contributed by atoms with Gasteiger partial charge in [-0.1, -0.05) is 6.07 Å². The molecule has 1 heterocycles. The van der Waals surface area contributed by atoms with Gasteiger partial charge in [0.1, 0.15) is 0 Å². The number of carbonyl (C=O) groups is 1. The first-order valence-electron chi connectivity index (χ1n) is 7.40. The van der Waals surface area contributed by atoms with E-state index in [4.69, 9.17) is 9.47 Å². The zero-order chi connectivity index (χ0) is 15.1. The number of carbonyl (C=O) groups excluding carboxylic acids is 1. The topological polar surface area (TPSA) is 50.8 Å². The first-order chi connectivity index (χ1) is 10.3. The molecule has 1 aliphatic heterocycles. The summed E-state index contributed by atoms with van der Waals surface area (Å²) in [6.45, 7) is 3.43. The zero-order valence-electron chi connectivity index (χ0n) is 12.9. The van der Waals surface area contributed by atoms with Crippen LogP contribution in [0.3, 0.4) is 0 Å². The predicted octanol–water partition coefficient (Wildman–Crippen LogP) is 1.78. The summed E-state index contributed by atoms with van der Waals surface area (Å²) >= 11 is 0. The van der Waals surface area contributed by atoms with Gasteiger partial charge in [-0.2, -0.15) is 0 Å². The smallest absolute Gasteiger partial charge is 0.254 e. The van der Waals surface area contributed by atoms with E-state index >= 15 is 0 Å². The first-order valence-corrected chi connectivity index (χ1v) is 7.40. The number of ether oxygens (including phenoxy) is 2. The molecule has 1 aromatic rings. The quantitative estimate of drug-likeness (QED) is 0.742. The summed E-state index contributed by atoms with van der Waals surface area (Å²) in [4.78, 5) is 14.5. The summed E-state index contributed by atoms with van der Waals surface area (Å²) in [6, 6.07) is 5.93. The Labute approximate surface area is 126 Å². The average Bonchev–Trinajstić information content (AvgIpc) is 2.97. The van der Waals surface area contributed by atoms with Crippen molar-refractivity contribution < 1.29 is 14.3 Å². The molecule has 0 atom stereocenters. The molecule has 0 fully saturated rings. The fraction of sp³-hybridized carbons (Fsp3) is 0.562. The molecule has 1 amide bonds. The fourth-order valence-corrected chi connectivity index (χ4v) is 2.52. The molecule has 1 aliphatic rings. The molecule has 0 saturated heterocycles. The molecule has 0 unspecified atom stereocenters. The van der Waals surface area contributed by atoms with E-state index in [1.807, 2.05) is 23.1 Å². The second-order valence-corrected chi connectivity index (χ2v) is 5.18. The van der Waals surface area contributed by atoms with Crippen molar-refractivity contribution in [1.82, 2.24) is 4.90 Å². The minimum absolute atomic E-state index is 0.0552. The number of hydrogen-bond acceptors (Lipinski definition) is 4. The third-order valence-corrected chi connectivity index (χ3v) is 3.70. The number of anilines is 1. The van der Waals surface area contributed by atoms with Crippen LogP contribution in [-0.2, 0) is 15.9 Å². The van der Waals surface area contributed by atoms with Crippen LogP contribution in [0.4, 0.5) is 5.69 Å². The van der Waals surface area contributed by atoms with E-state index in [-0.39, 0.29) is 5.91 Å². The van der Waals surface area contributed by atoms with Gasteiger partial charge >= 0.3 is 0 Å². The third kappa shape index (κ3) is 4.19. The summed E-state index contributed by atoms with van der Waals surface area (Å²) in [5, 5.41) is 3.31. The van der Waals surface area contributed by atoms with Crippen molar-refractivity contribution in [2.45, 2.75) is 12.8 Å². The lowest BCUT2D eigenvalue weighted by Gasteiger charge is -2.22. The molecular weight excluding hydrogens is 268 g/mol. The number of methoxy groups -OCH3 is 2. The number of rotatable bonds is 8. The van der Waals surface area contributed by atoms with Crippen LogP contribution in [0.1, 0.15) is 22.3 Å². The molecule has 1 aromatic carbocycles. The second-order valence-electron chi connectivity index (χ2n) is 5.18. The number of hydrogen-bond donors (Lipinski definition) is 1. The van der Waals surface area contributed by atoms with E-state index in [0.29, 0.717) is 26.3 Å². The molecule has 1 N–H and O–H groups in total. The Morgan fingerprint density at radius 1 is 1.24 bits per heavy atom. The van der Waals surface area contributed by atoms with Gasteiger partial charge < -0.3 is 19.7 Å². The van der Waals surface area contributed by atoms with E-state index < -0.39 is 0 Å². The highest BCUT2D eigenvalue weighted by Gasteiger charge is 2.18. The van der Waals surface area contributed by atoms with Gasteiger partial charge in [-0.25, -0.2) is 0 Å². The lowest BCUT2D eigenvalue weighted by Crippen LogP contribution is -2.35. The van der Waals surface area contributed by atoms with Crippen LogP contribution in [0.2, 0.25) is 0 Å². The van der Waals surface area contributed by atoms with Gasteiger partial charge in [0, 0.05) is 51.7 Å². The fourth-order valence-electron chi connectivity index (χ4n) is 2.52. The molecule has 0 saturated carbocycles. The molecule has 5 heteroatoms. The van der Waals surface area contributed by atoms with Gasteiger partial charge in [0.25, 0.3) is 5.91 Å². The minimum atomic E-state index is 0.0552. The van der Waals surface area contributed by atoms with Gasteiger partial charge in [-0.05, 0) is 30.5 Å². The third-order valence-electron chi connectivity index (χ3n) is 3.70. The molecule has 0 aromatic heterocycles. The SMILES string of the molecule is COCCCN(CCOC)C(=O)c1ccc2c(c1)NCC2. The maximum Gasteiger partial charge on any atom is 0.254 e. The van der Waals surface area contributed by atoms with E-state index in [1.165, 1.54) is 5.56 Å². The maximum absolute atomic E-state index is 12.6. The maximum atomic E-state index is 12.6. The van der Waals surface area contributed by atoms with E-state index in [9.17, 15) is 4.79 Å². The Hall–Kier alpha value is -1.59. The van der Waals surface area contributed by atoms with E-state index in [1.54, 1.807) is 14.2 Å². The highest BCUT2D eigenvalue weighted by Crippen LogP contribution is 2.23. The Morgan fingerprint density at radius 2 is 2.05 bits per heavy atom. The summed E-state index contributed by atoms with van der Waals surface area (Å²) < 4.78 is 10.2. The van der Waals surface area contributed by atoms with Gasteiger partial charge in [0.2, 0.25) is 0 Å². The van der Waals surface area contributed by atoms with Crippen molar-refractivity contribution in [3.63, 3.8) is 0 Å². The van der Waals surface area contributed by atoms with Crippen molar-refractivity contribution in [2.24, 2.45) is 0 Å². The number of amides is 1. The van der Waals surface area contributed by atoms with Crippen molar-refractivity contribution in [3.05, 3.63) is 29.3 Å². The molecule has 0 bridgehead atoms. The molecule has 0 spiro atoms. The zero-order valence-corrected chi connectivity index (χ0v) is 12.9. The van der Waals surface area contributed by atoms with E-state index in [2.05, 4.69) is 5.32 Å². The second kappa shape index (κ2) is 8.00. The number of nitrogens with one attached hydrogen (secondary N) is 1. The Kier molecular flexibility index (Phi) is 6.02. The van der Waals surface area contributed by atoms with Crippen LogP contribution in [0.25, 0.3) is 0 Å². The molecule has 0 aliphatic carbocycles. The lowest BCUT2D eigenvalue weighted by atomic mass is 10.1. The van der Waals surface area contributed by atoms with Crippen LogP contribution in [0, 0.1) is 0 Å². The van der Waals surface area contributed by atoms with Crippen LogP contribution in [-0.4, -0.2) is 57.9 Å². The largest absolute Gasteiger partial charge is 0.385 e. The molecule has 5 nitrogen and oxygen atoms in total. The van der Waals surface area contributed by atoms with E-state index in [0.717, 1.165) is 30.6 Å². The van der Waals surface area contributed by atoms with Crippen LogP contribution >= 0.6 is 0 Å². The number of fused-ring (bicyclic) bond motifs is 1. The van der Waals surface area contributed by atoms with Gasteiger partial charge in [-0.3, -0.25) is 4.79 Å². The van der Waals surface area contributed by atoms with Crippen molar-refractivity contribution >= 4 is 11.6 Å². The Morgan fingerprint density at radius 3 is 2.81 bits per heavy atom. The van der Waals surface area contributed by atoms with Crippen LogP contribution in [0.5, 0.6) is 0 Å². The van der Waals surface area contributed by atoms with Gasteiger partial charge in [0.15, 0.2) is 0 Å². The van der Waals surface area contributed by atoms with Gasteiger partial charge in [-0.15, -0.1) is 0 Å². The summed E-state index contributed by atoms with van der Waals surface area (Å²) in [5.74, 6) is 0.0552. The Bertz CT molecular complexity index is 477. The van der Waals surface area contributed by atoms with Crippen molar-refractivity contribution in [3.8, 4) is 0 Å². The molecule has 21 heavy (non-hydrogen) atoms. The standard InChI is InChI=1S/C16H24N2O3/c1-20-10-3-8-18(9-11-21-2)16(19)14-5-4-13-6-7-17-15(13)12-14/h4-5,12,17H,3,6-11H2,1-2H3. The first kappa shape index (κ1) is 15.8. The highest BCUT2D eigenvalue weighted by molar-refractivity contribution is 5.95. The minimum Gasteiger partial charge on any atom is -0.385 e. The molecule has 116 valence electrons. The van der Waals surface area contributed by atoms with Crippen LogP contribution < -0.4 is 5.32 Å². The number of nitrogens with zero attached hydrogens (tertiary/aromatic N) is 1. The molecular formula is C16H24N2O3. The molecule has 0 radical (unpaired) electrons. The normalized spacial score (nSPS) is 12.9. The summed E-state index contributed by atoms with van der Waals surface area (Å²) in [5.41, 5.74) is 3.11. The van der Waals surface area contributed by atoms with Gasteiger partial charge in [0.05, 0.1) is 6.61 Å². The average molecular weight is 292 g/mol. The lowest BCUT2D eigenvalue weighted by molar-refractivity contribution is 0.0674. The van der Waals surface area contributed by atoms with Crippen molar-refractivity contribution in [1.29, 1.82) is 0 Å². The summed E-state index contributed by atoms with van der Waals surface area (Å²) in [7, 11) is 3.32. The van der Waals surface area contributed by atoms with Crippen molar-refractivity contribution in [2.75, 3.05) is 52.4 Å².